The lowest BCUT2D eigenvalue weighted by molar-refractivity contribution is 0.201. The average molecular weight is 531 g/mol. The number of benzene rings is 2. The Bertz CT molecular complexity index is 1660. The zero-order chi connectivity index (χ0) is 25.8. The SMILES string of the molecule is N#Cc1c(OCc2csc(-c3ccc(Cl)cc3)n2)nc2cc[nH]c(=O)c2c1-c1ccc(OCCO)cc1. The molecular formula is C27H19ClN4O4S. The topological polar surface area (TPSA) is 121 Å². The largest absolute Gasteiger partial charge is 0.491 e. The predicted octanol–water partition coefficient (Wildman–Crippen LogP) is 5.19. The fraction of sp³-hybridized carbons (Fsp3) is 0.111. The summed E-state index contributed by atoms with van der Waals surface area (Å²) in [5, 5.41) is 22.7. The number of fused-ring (bicyclic) bond motifs is 1. The summed E-state index contributed by atoms with van der Waals surface area (Å²) >= 11 is 7.45. The van der Waals surface area contributed by atoms with Gasteiger partial charge < -0.3 is 19.6 Å². The molecule has 2 N–H and O–H groups in total. The molecule has 5 rings (SSSR count). The fourth-order valence-corrected chi connectivity index (χ4v) is 4.76. The van der Waals surface area contributed by atoms with E-state index in [1.165, 1.54) is 17.5 Å². The quantitative estimate of drug-likeness (QED) is 0.283. The lowest BCUT2D eigenvalue weighted by Crippen LogP contribution is -2.10. The summed E-state index contributed by atoms with van der Waals surface area (Å²) < 4.78 is 11.4. The van der Waals surface area contributed by atoms with Gasteiger partial charge in [0.1, 0.15) is 35.6 Å². The zero-order valence-corrected chi connectivity index (χ0v) is 20.8. The summed E-state index contributed by atoms with van der Waals surface area (Å²) in [4.78, 5) is 24.6. The van der Waals surface area contributed by atoms with Crippen molar-refractivity contribution in [2.24, 2.45) is 0 Å². The van der Waals surface area contributed by atoms with E-state index >= 15 is 0 Å². The molecule has 0 aliphatic rings. The van der Waals surface area contributed by atoms with Gasteiger partial charge in [0, 0.05) is 27.7 Å². The second kappa shape index (κ2) is 10.8. The highest BCUT2D eigenvalue weighted by atomic mass is 35.5. The van der Waals surface area contributed by atoms with E-state index in [0.29, 0.717) is 33.1 Å². The van der Waals surface area contributed by atoms with Gasteiger partial charge in [-0.1, -0.05) is 35.9 Å². The van der Waals surface area contributed by atoms with Crippen LogP contribution in [0.2, 0.25) is 5.02 Å². The first-order chi connectivity index (χ1) is 18.1. The summed E-state index contributed by atoms with van der Waals surface area (Å²) in [5.74, 6) is 0.664. The van der Waals surface area contributed by atoms with Crippen LogP contribution in [-0.2, 0) is 6.61 Å². The molecule has 3 heterocycles. The summed E-state index contributed by atoms with van der Waals surface area (Å²) in [5.41, 5.74) is 2.83. The second-order valence-corrected chi connectivity index (χ2v) is 9.18. The van der Waals surface area contributed by atoms with Crippen LogP contribution in [0.4, 0.5) is 0 Å². The van der Waals surface area contributed by atoms with Gasteiger partial charge in [-0.15, -0.1) is 11.3 Å². The highest BCUT2D eigenvalue weighted by Crippen LogP contribution is 2.35. The van der Waals surface area contributed by atoms with Crippen molar-refractivity contribution in [2.45, 2.75) is 6.61 Å². The van der Waals surface area contributed by atoms with Gasteiger partial charge in [0.05, 0.1) is 23.2 Å². The number of nitriles is 1. The van der Waals surface area contributed by atoms with Gasteiger partial charge in [-0.25, -0.2) is 9.97 Å². The summed E-state index contributed by atoms with van der Waals surface area (Å²) in [6.45, 7) is 0.147. The van der Waals surface area contributed by atoms with Crippen LogP contribution in [0, 0.1) is 11.3 Å². The minimum atomic E-state index is -0.365. The number of pyridine rings is 2. The zero-order valence-electron chi connectivity index (χ0n) is 19.3. The number of halogens is 1. The van der Waals surface area contributed by atoms with E-state index in [1.54, 1.807) is 42.5 Å². The lowest BCUT2D eigenvalue weighted by Gasteiger charge is -2.13. The first kappa shape index (κ1) is 24.5. The van der Waals surface area contributed by atoms with Crippen LogP contribution in [0.25, 0.3) is 32.6 Å². The van der Waals surface area contributed by atoms with E-state index in [-0.39, 0.29) is 42.2 Å². The molecule has 10 heteroatoms. The Morgan fingerprint density at radius 1 is 1.03 bits per heavy atom. The molecule has 0 unspecified atom stereocenters. The number of aromatic amines is 1. The lowest BCUT2D eigenvalue weighted by atomic mass is 9.97. The number of aliphatic hydroxyl groups excluding tert-OH is 1. The molecular weight excluding hydrogens is 512 g/mol. The standard InChI is InChI=1S/C27H19ClN4O4S/c28-18-5-1-17(2-6-18)27-31-19(15-37-27)14-36-26-21(13-29)23(24-22(32-26)9-10-30-25(24)34)16-3-7-20(8-4-16)35-12-11-33/h1-10,15,33H,11-12,14H2,(H,30,34). The van der Waals surface area contributed by atoms with Crippen molar-refractivity contribution in [2.75, 3.05) is 13.2 Å². The minimum absolute atomic E-state index is 0.0911. The predicted molar refractivity (Wildman–Crippen MR) is 142 cm³/mol. The Labute approximate surface area is 220 Å². The normalized spacial score (nSPS) is 10.8. The van der Waals surface area contributed by atoms with Crippen molar-refractivity contribution >= 4 is 33.8 Å². The molecule has 37 heavy (non-hydrogen) atoms. The van der Waals surface area contributed by atoms with Crippen molar-refractivity contribution < 1.29 is 14.6 Å². The van der Waals surface area contributed by atoms with E-state index in [2.05, 4.69) is 21.0 Å². The van der Waals surface area contributed by atoms with E-state index in [0.717, 1.165) is 10.6 Å². The molecule has 0 spiro atoms. The van der Waals surface area contributed by atoms with Gasteiger partial charge in [-0.2, -0.15) is 5.26 Å². The molecule has 184 valence electrons. The highest BCUT2D eigenvalue weighted by molar-refractivity contribution is 7.13. The van der Waals surface area contributed by atoms with Gasteiger partial charge >= 0.3 is 0 Å². The first-order valence-corrected chi connectivity index (χ1v) is 12.5. The van der Waals surface area contributed by atoms with Gasteiger partial charge in [0.15, 0.2) is 0 Å². The molecule has 0 bridgehead atoms. The number of nitrogens with zero attached hydrogens (tertiary/aromatic N) is 3. The number of hydrogen-bond donors (Lipinski definition) is 2. The van der Waals surface area contributed by atoms with Gasteiger partial charge in [-0.05, 0) is 35.9 Å². The monoisotopic (exact) mass is 530 g/mol. The highest BCUT2D eigenvalue weighted by Gasteiger charge is 2.20. The number of rotatable bonds is 8. The molecule has 0 aliphatic heterocycles. The van der Waals surface area contributed by atoms with E-state index in [9.17, 15) is 10.1 Å². The maximum Gasteiger partial charge on any atom is 0.258 e. The molecule has 0 amide bonds. The van der Waals surface area contributed by atoms with Crippen LogP contribution in [-0.4, -0.2) is 33.3 Å². The number of aliphatic hydroxyl groups is 1. The number of thiazole rings is 1. The first-order valence-electron chi connectivity index (χ1n) is 11.2. The van der Waals surface area contributed by atoms with E-state index in [1.807, 2.05) is 17.5 Å². The van der Waals surface area contributed by atoms with Crippen molar-refractivity contribution in [1.82, 2.24) is 15.0 Å². The van der Waals surface area contributed by atoms with Crippen LogP contribution >= 0.6 is 22.9 Å². The molecule has 2 aromatic carbocycles. The molecule has 0 saturated carbocycles. The Kier molecular flexibility index (Phi) is 7.14. The molecule has 8 nitrogen and oxygen atoms in total. The van der Waals surface area contributed by atoms with Gasteiger partial charge in [0.2, 0.25) is 5.88 Å². The minimum Gasteiger partial charge on any atom is -0.491 e. The van der Waals surface area contributed by atoms with Gasteiger partial charge in [0.25, 0.3) is 5.56 Å². The number of nitrogens with one attached hydrogen (secondary N) is 1. The molecule has 5 aromatic rings. The average Bonchev–Trinajstić information content (AvgIpc) is 3.40. The number of aromatic nitrogens is 3. The van der Waals surface area contributed by atoms with E-state index < -0.39 is 0 Å². The van der Waals surface area contributed by atoms with Gasteiger partial charge in [-0.3, -0.25) is 4.79 Å². The van der Waals surface area contributed by atoms with Crippen molar-refractivity contribution in [1.29, 1.82) is 5.26 Å². The van der Waals surface area contributed by atoms with E-state index in [4.69, 9.17) is 26.2 Å². The molecule has 3 aromatic heterocycles. The Morgan fingerprint density at radius 3 is 2.51 bits per heavy atom. The molecule has 0 saturated heterocycles. The third kappa shape index (κ3) is 5.17. The van der Waals surface area contributed by atoms with Crippen LogP contribution in [0.5, 0.6) is 11.6 Å². The van der Waals surface area contributed by atoms with Crippen LogP contribution < -0.4 is 15.0 Å². The summed E-state index contributed by atoms with van der Waals surface area (Å²) in [6.07, 6.45) is 1.50. The van der Waals surface area contributed by atoms with Crippen LogP contribution in [0.3, 0.4) is 0 Å². The molecule has 0 fully saturated rings. The Hall–Kier alpha value is -4.23. The van der Waals surface area contributed by atoms with Crippen molar-refractivity contribution in [3.05, 3.63) is 92.8 Å². The smallest absolute Gasteiger partial charge is 0.258 e. The Morgan fingerprint density at radius 2 is 1.78 bits per heavy atom. The summed E-state index contributed by atoms with van der Waals surface area (Å²) in [7, 11) is 0. The molecule has 0 atom stereocenters. The van der Waals surface area contributed by atoms with Crippen molar-refractivity contribution in [3.8, 4) is 39.4 Å². The third-order valence-electron chi connectivity index (χ3n) is 5.49. The summed E-state index contributed by atoms with van der Waals surface area (Å²) in [6, 6.07) is 18.2. The number of H-pyrrole nitrogens is 1. The van der Waals surface area contributed by atoms with Crippen LogP contribution in [0.15, 0.2) is 71.0 Å². The second-order valence-electron chi connectivity index (χ2n) is 7.88. The molecule has 0 aliphatic carbocycles. The van der Waals surface area contributed by atoms with Crippen LogP contribution in [0.1, 0.15) is 11.3 Å². The number of ether oxygens (including phenoxy) is 2. The maximum atomic E-state index is 12.8. The Balaban J connectivity index is 1.51. The maximum absolute atomic E-state index is 12.8. The third-order valence-corrected chi connectivity index (χ3v) is 6.68. The fourth-order valence-electron chi connectivity index (χ4n) is 3.82. The van der Waals surface area contributed by atoms with Crippen molar-refractivity contribution in [3.63, 3.8) is 0 Å². The number of hydrogen-bond acceptors (Lipinski definition) is 8. The molecule has 0 radical (unpaired) electrons.